The SMILES string of the molecule is COc1cc(-c2cc(-c3cccc4ccccc34)[nH]c(=O)c2C#N)cc(OC)c1OC. The van der Waals surface area contributed by atoms with Gasteiger partial charge in [-0.3, -0.25) is 4.79 Å². The van der Waals surface area contributed by atoms with E-state index in [0.29, 0.717) is 34.1 Å². The van der Waals surface area contributed by atoms with E-state index in [1.807, 2.05) is 54.6 Å². The number of benzene rings is 3. The Hall–Kier alpha value is -4.24. The third kappa shape index (κ3) is 3.47. The molecule has 154 valence electrons. The first-order valence-electron chi connectivity index (χ1n) is 9.57. The second-order valence-corrected chi connectivity index (χ2v) is 6.85. The normalized spacial score (nSPS) is 10.5. The zero-order valence-corrected chi connectivity index (χ0v) is 17.4. The summed E-state index contributed by atoms with van der Waals surface area (Å²) in [5.74, 6) is 1.31. The maximum absolute atomic E-state index is 12.8. The number of nitrogens with zero attached hydrogens (tertiary/aromatic N) is 1. The molecule has 0 aliphatic heterocycles. The molecule has 0 saturated carbocycles. The number of aromatic amines is 1. The molecule has 4 aromatic rings. The third-order valence-electron chi connectivity index (χ3n) is 5.20. The number of nitrogens with one attached hydrogen (secondary N) is 1. The van der Waals surface area contributed by atoms with Crippen molar-refractivity contribution in [2.45, 2.75) is 0 Å². The van der Waals surface area contributed by atoms with Crippen molar-refractivity contribution in [3.63, 3.8) is 0 Å². The van der Waals surface area contributed by atoms with Gasteiger partial charge in [0.05, 0.1) is 21.3 Å². The molecule has 0 unspecified atom stereocenters. The summed E-state index contributed by atoms with van der Waals surface area (Å²) < 4.78 is 16.3. The zero-order chi connectivity index (χ0) is 22.0. The first kappa shape index (κ1) is 20.0. The molecule has 0 saturated heterocycles. The minimum Gasteiger partial charge on any atom is -0.493 e. The van der Waals surface area contributed by atoms with Gasteiger partial charge in [0.15, 0.2) is 11.5 Å². The predicted molar refractivity (Wildman–Crippen MR) is 120 cm³/mol. The Bertz CT molecular complexity index is 1350. The van der Waals surface area contributed by atoms with E-state index in [0.717, 1.165) is 16.3 Å². The summed E-state index contributed by atoms with van der Waals surface area (Å²) in [4.78, 5) is 15.7. The molecule has 0 spiro atoms. The van der Waals surface area contributed by atoms with E-state index in [1.165, 1.54) is 21.3 Å². The molecule has 0 aliphatic carbocycles. The molecule has 31 heavy (non-hydrogen) atoms. The highest BCUT2D eigenvalue weighted by molar-refractivity contribution is 5.96. The number of aromatic nitrogens is 1. The van der Waals surface area contributed by atoms with Crippen LogP contribution in [0.5, 0.6) is 17.2 Å². The van der Waals surface area contributed by atoms with Gasteiger partial charge in [-0.15, -0.1) is 0 Å². The first-order valence-corrected chi connectivity index (χ1v) is 9.57. The summed E-state index contributed by atoms with van der Waals surface area (Å²) in [6.07, 6.45) is 0. The number of nitriles is 1. The molecule has 6 heteroatoms. The molecule has 6 nitrogen and oxygen atoms in total. The van der Waals surface area contributed by atoms with Crippen LogP contribution in [-0.2, 0) is 0 Å². The average molecular weight is 412 g/mol. The molecule has 0 amide bonds. The van der Waals surface area contributed by atoms with Crippen LogP contribution in [0.25, 0.3) is 33.2 Å². The highest BCUT2D eigenvalue weighted by Crippen LogP contribution is 2.42. The van der Waals surface area contributed by atoms with Gasteiger partial charge in [0, 0.05) is 16.8 Å². The number of methoxy groups -OCH3 is 3. The van der Waals surface area contributed by atoms with Crippen molar-refractivity contribution in [3.8, 4) is 45.7 Å². The molecule has 0 atom stereocenters. The number of pyridine rings is 1. The van der Waals surface area contributed by atoms with Crippen molar-refractivity contribution >= 4 is 10.8 Å². The lowest BCUT2D eigenvalue weighted by Gasteiger charge is -2.15. The van der Waals surface area contributed by atoms with Gasteiger partial charge in [0.25, 0.3) is 5.56 Å². The monoisotopic (exact) mass is 412 g/mol. The van der Waals surface area contributed by atoms with Crippen molar-refractivity contribution in [2.24, 2.45) is 0 Å². The van der Waals surface area contributed by atoms with Crippen molar-refractivity contribution in [1.29, 1.82) is 5.26 Å². The molecule has 1 heterocycles. The fourth-order valence-electron chi connectivity index (χ4n) is 3.74. The molecule has 0 fully saturated rings. The Balaban J connectivity index is 2.01. The molecule has 0 bridgehead atoms. The highest BCUT2D eigenvalue weighted by atomic mass is 16.5. The quantitative estimate of drug-likeness (QED) is 0.511. The van der Waals surface area contributed by atoms with Gasteiger partial charge in [-0.05, 0) is 34.5 Å². The van der Waals surface area contributed by atoms with Crippen LogP contribution in [0.15, 0.2) is 65.5 Å². The lowest BCUT2D eigenvalue weighted by atomic mass is 9.96. The van der Waals surface area contributed by atoms with Crippen LogP contribution in [0.1, 0.15) is 5.56 Å². The molecule has 4 rings (SSSR count). The summed E-state index contributed by atoms with van der Waals surface area (Å²) in [6, 6.07) is 21.1. The van der Waals surface area contributed by atoms with Crippen LogP contribution in [0, 0.1) is 11.3 Å². The minimum atomic E-state index is -0.461. The van der Waals surface area contributed by atoms with Crippen molar-refractivity contribution in [1.82, 2.24) is 4.98 Å². The van der Waals surface area contributed by atoms with E-state index in [1.54, 1.807) is 12.1 Å². The van der Waals surface area contributed by atoms with Gasteiger partial charge in [-0.1, -0.05) is 42.5 Å². The van der Waals surface area contributed by atoms with E-state index >= 15 is 0 Å². The standard InChI is InChI=1S/C25H20N2O4/c1-29-22-11-16(12-23(30-2)24(22)31-3)19-13-21(27-25(28)20(19)14-26)18-10-6-8-15-7-4-5-9-17(15)18/h4-13H,1-3H3,(H,27,28). The van der Waals surface area contributed by atoms with Crippen molar-refractivity contribution in [2.75, 3.05) is 21.3 Å². The topological polar surface area (TPSA) is 84.3 Å². The van der Waals surface area contributed by atoms with Gasteiger partial charge in [0.2, 0.25) is 5.75 Å². The summed E-state index contributed by atoms with van der Waals surface area (Å²) in [7, 11) is 4.56. The Morgan fingerprint density at radius 3 is 2.16 bits per heavy atom. The number of rotatable bonds is 5. The summed E-state index contributed by atoms with van der Waals surface area (Å²) in [6.45, 7) is 0. The van der Waals surface area contributed by atoms with Crippen LogP contribution in [0.2, 0.25) is 0 Å². The highest BCUT2D eigenvalue weighted by Gasteiger charge is 2.19. The summed E-state index contributed by atoms with van der Waals surface area (Å²) >= 11 is 0. The fraction of sp³-hybridized carbons (Fsp3) is 0.120. The van der Waals surface area contributed by atoms with Crippen molar-refractivity contribution in [3.05, 3.63) is 76.6 Å². The van der Waals surface area contributed by atoms with E-state index in [2.05, 4.69) is 4.98 Å². The Labute approximate surface area is 179 Å². The second-order valence-electron chi connectivity index (χ2n) is 6.85. The number of hydrogen-bond donors (Lipinski definition) is 1. The smallest absolute Gasteiger partial charge is 0.266 e. The maximum atomic E-state index is 12.8. The van der Waals surface area contributed by atoms with Crippen LogP contribution in [0.3, 0.4) is 0 Å². The number of H-pyrrole nitrogens is 1. The molecule has 3 aromatic carbocycles. The van der Waals surface area contributed by atoms with Gasteiger partial charge in [0.1, 0.15) is 11.6 Å². The largest absolute Gasteiger partial charge is 0.493 e. The zero-order valence-electron chi connectivity index (χ0n) is 17.4. The molecule has 1 N–H and O–H groups in total. The van der Waals surface area contributed by atoms with Crippen LogP contribution in [-0.4, -0.2) is 26.3 Å². The number of hydrogen-bond acceptors (Lipinski definition) is 5. The Kier molecular flexibility index (Phi) is 5.33. The van der Waals surface area contributed by atoms with Gasteiger partial charge in [-0.25, -0.2) is 0 Å². The van der Waals surface area contributed by atoms with E-state index < -0.39 is 5.56 Å². The molecule has 0 radical (unpaired) electrons. The third-order valence-corrected chi connectivity index (χ3v) is 5.20. The van der Waals surface area contributed by atoms with E-state index in [-0.39, 0.29) is 5.56 Å². The maximum Gasteiger partial charge on any atom is 0.266 e. The first-order chi connectivity index (χ1) is 15.1. The summed E-state index contributed by atoms with van der Waals surface area (Å²) in [5, 5.41) is 11.7. The molecular formula is C25H20N2O4. The Morgan fingerprint density at radius 2 is 1.52 bits per heavy atom. The fourth-order valence-corrected chi connectivity index (χ4v) is 3.74. The lowest BCUT2D eigenvalue weighted by Crippen LogP contribution is -2.13. The van der Waals surface area contributed by atoms with Crippen LogP contribution >= 0.6 is 0 Å². The average Bonchev–Trinajstić information content (AvgIpc) is 2.82. The number of ether oxygens (including phenoxy) is 3. The van der Waals surface area contributed by atoms with Gasteiger partial charge >= 0.3 is 0 Å². The summed E-state index contributed by atoms with van der Waals surface area (Å²) in [5.41, 5.74) is 2.12. The molecular weight excluding hydrogens is 392 g/mol. The van der Waals surface area contributed by atoms with Gasteiger partial charge in [-0.2, -0.15) is 5.26 Å². The van der Waals surface area contributed by atoms with E-state index in [9.17, 15) is 10.1 Å². The van der Waals surface area contributed by atoms with Gasteiger partial charge < -0.3 is 19.2 Å². The number of fused-ring (bicyclic) bond motifs is 1. The predicted octanol–water partition coefficient (Wildman–Crippen LogP) is 4.76. The molecule has 0 aliphatic rings. The van der Waals surface area contributed by atoms with Crippen LogP contribution < -0.4 is 19.8 Å². The lowest BCUT2D eigenvalue weighted by molar-refractivity contribution is 0.324. The second kappa shape index (κ2) is 8.25. The van der Waals surface area contributed by atoms with E-state index in [4.69, 9.17) is 14.2 Å². The van der Waals surface area contributed by atoms with Crippen molar-refractivity contribution < 1.29 is 14.2 Å². The minimum absolute atomic E-state index is 0.0123. The molecule has 1 aromatic heterocycles. The van der Waals surface area contributed by atoms with Crippen LogP contribution in [0.4, 0.5) is 0 Å². The Morgan fingerprint density at radius 1 is 0.839 bits per heavy atom.